The minimum atomic E-state index is -0.493. The third-order valence-electron chi connectivity index (χ3n) is 10.1. The van der Waals surface area contributed by atoms with Crippen molar-refractivity contribution in [1.29, 1.82) is 0 Å². The Morgan fingerprint density at radius 3 is 1.84 bits per heavy atom. The number of azide groups is 1. The first kappa shape index (κ1) is 51.5. The van der Waals surface area contributed by atoms with Crippen LogP contribution in [0.5, 0.6) is 0 Å². The molecule has 10 nitrogen and oxygen atoms in total. The number of rotatable bonds is 7. The van der Waals surface area contributed by atoms with Crippen molar-refractivity contribution in [2.45, 2.75) is 132 Å². The van der Waals surface area contributed by atoms with Crippen LogP contribution < -0.4 is 21.6 Å². The van der Waals surface area contributed by atoms with Crippen LogP contribution in [0.4, 0.5) is 0 Å². The molecule has 1 aliphatic carbocycles. The second-order valence-corrected chi connectivity index (χ2v) is 18.4. The zero-order valence-corrected chi connectivity index (χ0v) is 37.6. The van der Waals surface area contributed by atoms with E-state index in [0.717, 1.165) is 34.9 Å². The Kier molecular flexibility index (Phi) is 23.9. The molecule has 0 saturated carbocycles. The van der Waals surface area contributed by atoms with Crippen molar-refractivity contribution in [1.82, 2.24) is 10.6 Å². The van der Waals surface area contributed by atoms with E-state index in [4.69, 9.17) is 5.53 Å². The molecule has 0 bridgehead atoms. The molecule has 0 spiro atoms. The van der Waals surface area contributed by atoms with E-state index in [1.807, 2.05) is 39.5 Å². The SMILES string of the molecule is CB(O)c1ccc(C(=O)C(C)C)cc1.CB(O)c1ccc(C(=O)NC(C)C)cc1.CC(C)(C)C1SCC2NC(=O)CC21.CC(C)C1CC/C=C/CCC1.CN=[N+]=[N-]. The molecular weight excluding hydrogens is 732 g/mol. The molecule has 0 aromatic heterocycles. The van der Waals surface area contributed by atoms with Gasteiger partial charge in [0.25, 0.3) is 5.91 Å². The summed E-state index contributed by atoms with van der Waals surface area (Å²) in [6, 6.07) is 14.7. The van der Waals surface area contributed by atoms with Crippen LogP contribution in [0.3, 0.4) is 0 Å². The number of carbonyl (C=O) groups is 3. The molecule has 2 amide bonds. The number of amides is 2. The van der Waals surface area contributed by atoms with Crippen molar-refractivity contribution in [3.8, 4) is 0 Å². The van der Waals surface area contributed by atoms with Gasteiger partial charge in [-0.2, -0.15) is 11.8 Å². The minimum absolute atomic E-state index is 0.0207. The summed E-state index contributed by atoms with van der Waals surface area (Å²) in [7, 11) is 1.39. The van der Waals surface area contributed by atoms with Crippen LogP contribution in [0, 0.1) is 29.1 Å². The van der Waals surface area contributed by atoms with Crippen molar-refractivity contribution in [3.05, 3.63) is 82.3 Å². The molecule has 2 heterocycles. The number of Topliss-reactive ketones (excluding diaryl/α,β-unsaturated/α-hetero) is 1. The van der Waals surface area contributed by atoms with Crippen molar-refractivity contribution in [2.75, 3.05) is 12.8 Å². The zero-order chi connectivity index (χ0) is 43.3. The van der Waals surface area contributed by atoms with Crippen LogP contribution in [0.25, 0.3) is 10.4 Å². The summed E-state index contributed by atoms with van der Waals surface area (Å²) in [5.41, 5.74) is 10.6. The first-order chi connectivity index (χ1) is 26.7. The fourth-order valence-electron chi connectivity index (χ4n) is 6.81. The average Bonchev–Trinajstić information content (AvgIpc) is 3.71. The highest BCUT2D eigenvalue weighted by molar-refractivity contribution is 8.00. The lowest BCUT2D eigenvalue weighted by atomic mass is 9.64. The molecule has 5 rings (SSSR count). The smallest absolute Gasteiger partial charge is 0.320 e. The van der Waals surface area contributed by atoms with Gasteiger partial charge in [0.15, 0.2) is 5.78 Å². The highest BCUT2D eigenvalue weighted by atomic mass is 32.2. The molecule has 2 aromatic rings. The third-order valence-corrected chi connectivity index (χ3v) is 12.1. The molecule has 2 aromatic carbocycles. The van der Waals surface area contributed by atoms with Crippen LogP contribution in [0.1, 0.15) is 122 Å². The number of thioether (sulfide) groups is 1. The van der Waals surface area contributed by atoms with E-state index in [1.54, 1.807) is 62.2 Å². The lowest BCUT2D eigenvalue weighted by Gasteiger charge is -2.30. The molecule has 4 unspecified atom stereocenters. The molecule has 2 fully saturated rings. The Morgan fingerprint density at radius 2 is 1.40 bits per heavy atom. The second kappa shape index (κ2) is 26.5. The van der Waals surface area contributed by atoms with E-state index < -0.39 is 13.8 Å². The minimum Gasteiger partial charge on any atom is -0.447 e. The summed E-state index contributed by atoms with van der Waals surface area (Å²) in [6.45, 7) is 21.6. The lowest BCUT2D eigenvalue weighted by Crippen LogP contribution is -2.32. The topological polar surface area (TPSA) is 164 Å². The first-order valence-corrected chi connectivity index (χ1v) is 21.7. The summed E-state index contributed by atoms with van der Waals surface area (Å²) < 4.78 is 0. The highest BCUT2D eigenvalue weighted by Crippen LogP contribution is 2.46. The van der Waals surface area contributed by atoms with Crippen LogP contribution in [-0.2, 0) is 4.79 Å². The number of ketones is 1. The Bertz CT molecular complexity index is 1570. The number of allylic oxidation sites excluding steroid dienone is 2. The van der Waals surface area contributed by atoms with Crippen LogP contribution in [-0.4, -0.2) is 71.6 Å². The van der Waals surface area contributed by atoms with Gasteiger partial charge < -0.3 is 20.7 Å². The van der Waals surface area contributed by atoms with Gasteiger partial charge in [-0.1, -0.05) is 116 Å². The Morgan fingerprint density at radius 1 is 0.895 bits per heavy atom. The normalized spacial score (nSPS) is 20.1. The Hall–Kier alpha value is -3.50. The molecule has 4 N–H and O–H groups in total. The molecule has 57 heavy (non-hydrogen) atoms. The van der Waals surface area contributed by atoms with E-state index >= 15 is 0 Å². The molecule has 3 aliphatic rings. The number of hydrogen-bond donors (Lipinski definition) is 4. The second-order valence-electron chi connectivity index (χ2n) is 17.2. The number of carbonyl (C=O) groups excluding carboxylic acids is 3. The van der Waals surface area contributed by atoms with Gasteiger partial charge in [0.05, 0.1) is 0 Å². The predicted molar refractivity (Wildman–Crippen MR) is 243 cm³/mol. The highest BCUT2D eigenvalue weighted by Gasteiger charge is 2.47. The largest absolute Gasteiger partial charge is 0.447 e. The lowest BCUT2D eigenvalue weighted by molar-refractivity contribution is -0.119. The molecule has 13 heteroatoms. The van der Waals surface area contributed by atoms with Gasteiger partial charge in [0, 0.05) is 64.4 Å². The van der Waals surface area contributed by atoms with Gasteiger partial charge >= 0.3 is 13.8 Å². The van der Waals surface area contributed by atoms with Gasteiger partial charge in [0.2, 0.25) is 5.91 Å². The Balaban J connectivity index is 0.000000370. The number of nitrogens with one attached hydrogen (secondary N) is 2. The van der Waals surface area contributed by atoms with Crippen molar-refractivity contribution < 1.29 is 24.4 Å². The van der Waals surface area contributed by atoms with Crippen molar-refractivity contribution in [3.63, 3.8) is 0 Å². The standard InChI is InChI=1S/C11H16BNO2.C11H15BO2.C11H20.C10H17NOS.CH3N3/c1-8(2)13-11(14)9-4-6-10(7-5-9)12(3)15;1-8(2)11(13)9-4-6-10(7-5-9)12(3)14;1-10(2)11-8-6-4-3-5-7-9-11;1-10(2,3)9-6-4-8(12)11-7(6)5-13-9;1-3-4-2/h4-8,15H,1-3H3,(H,13,14);4-8,14H,1-3H3;3-4,10-11H,5-9H2,1-2H3;6-7,9H,4-5H2,1-3H3,(H,11,12);1H3/b;;4-3+;;. The molecule has 4 atom stereocenters. The number of hydrogen-bond acceptors (Lipinski definition) is 7. The molecular formula is C44H71B2N5O5S. The van der Waals surface area contributed by atoms with Gasteiger partial charge in [0.1, 0.15) is 0 Å². The third kappa shape index (κ3) is 19.7. The number of nitrogens with zero attached hydrogens (tertiary/aromatic N) is 3. The van der Waals surface area contributed by atoms with Crippen molar-refractivity contribution in [2.24, 2.45) is 34.2 Å². The van der Waals surface area contributed by atoms with Crippen LogP contribution in [0.15, 0.2) is 65.8 Å². The Labute approximate surface area is 349 Å². The van der Waals surface area contributed by atoms with Crippen LogP contribution in [0.2, 0.25) is 13.6 Å². The average molecular weight is 804 g/mol. The van der Waals surface area contributed by atoms with E-state index in [1.165, 1.54) is 39.2 Å². The van der Waals surface area contributed by atoms with Gasteiger partial charge in [-0.25, -0.2) is 0 Å². The summed E-state index contributed by atoms with van der Waals surface area (Å²) in [5.74, 6) is 3.90. The monoisotopic (exact) mass is 804 g/mol. The maximum Gasteiger partial charge on any atom is 0.320 e. The molecule has 2 saturated heterocycles. The summed E-state index contributed by atoms with van der Waals surface area (Å²) in [6.07, 6.45) is 12.3. The first-order valence-electron chi connectivity index (χ1n) is 20.6. The predicted octanol–water partition coefficient (Wildman–Crippen LogP) is 8.35. The molecule has 314 valence electrons. The van der Waals surface area contributed by atoms with Gasteiger partial charge in [-0.3, -0.25) is 14.4 Å². The summed E-state index contributed by atoms with van der Waals surface area (Å²) in [5, 5.41) is 28.0. The quantitative estimate of drug-likeness (QED) is 0.0549. The van der Waals surface area contributed by atoms with E-state index in [0.29, 0.717) is 33.8 Å². The van der Waals surface area contributed by atoms with E-state index in [2.05, 4.69) is 67.4 Å². The number of fused-ring (bicyclic) bond motifs is 1. The molecule has 0 radical (unpaired) electrons. The zero-order valence-electron chi connectivity index (χ0n) is 36.8. The summed E-state index contributed by atoms with van der Waals surface area (Å²) in [4.78, 5) is 36.7. The maximum atomic E-state index is 11.6. The summed E-state index contributed by atoms with van der Waals surface area (Å²) >= 11 is 2.03. The van der Waals surface area contributed by atoms with E-state index in [-0.39, 0.29) is 29.6 Å². The molecule has 2 aliphatic heterocycles. The van der Waals surface area contributed by atoms with Crippen LogP contribution >= 0.6 is 11.8 Å². The van der Waals surface area contributed by atoms with Gasteiger partial charge in [-0.15, -0.1) is 0 Å². The fraction of sp³-hybridized carbons (Fsp3) is 0.614. The van der Waals surface area contributed by atoms with E-state index in [9.17, 15) is 24.4 Å². The van der Waals surface area contributed by atoms with Crippen molar-refractivity contribution >= 4 is 54.1 Å². The number of benzene rings is 2. The fourth-order valence-corrected chi connectivity index (χ4v) is 8.59. The van der Waals surface area contributed by atoms with Gasteiger partial charge in [-0.05, 0) is 91.8 Å². The maximum absolute atomic E-state index is 11.6.